The summed E-state index contributed by atoms with van der Waals surface area (Å²) in [5, 5.41) is 16.7. The molecule has 4 rings (SSSR count). The lowest BCUT2D eigenvalue weighted by atomic mass is 9.96. The fraction of sp³-hybridized carbons (Fsp3) is 0.290. The van der Waals surface area contributed by atoms with Gasteiger partial charge in [0.15, 0.2) is 18.2 Å². The molecule has 0 amide bonds. The maximum atomic E-state index is 13.7. The number of hydrogen-bond donors (Lipinski definition) is 0. The number of esters is 1. The van der Waals surface area contributed by atoms with Gasteiger partial charge < -0.3 is 18.9 Å². The van der Waals surface area contributed by atoms with Crippen molar-refractivity contribution in [3.8, 4) is 28.6 Å². The van der Waals surface area contributed by atoms with Crippen molar-refractivity contribution in [3.63, 3.8) is 0 Å². The normalized spacial score (nSPS) is 11.2. The van der Waals surface area contributed by atoms with Gasteiger partial charge in [0, 0.05) is 17.2 Å². The van der Waals surface area contributed by atoms with Crippen molar-refractivity contribution in [1.29, 1.82) is 0 Å². The second-order valence-corrected chi connectivity index (χ2v) is 9.80. The molecule has 0 fully saturated rings. The van der Waals surface area contributed by atoms with Gasteiger partial charge in [-0.3, -0.25) is 14.9 Å². The molecular weight excluding hydrogens is 556 g/mol. The highest BCUT2D eigenvalue weighted by molar-refractivity contribution is 5.85. The highest BCUT2D eigenvalue weighted by Crippen LogP contribution is 2.38. The molecule has 0 spiro atoms. The Morgan fingerprint density at radius 1 is 1.12 bits per heavy atom. The number of ether oxygens (including phenoxy) is 4. The van der Waals surface area contributed by atoms with Gasteiger partial charge in [-0.2, -0.15) is 9.78 Å². The summed E-state index contributed by atoms with van der Waals surface area (Å²) in [6.45, 7) is 7.19. The molecule has 3 aromatic carbocycles. The number of nitrogens with zero attached hydrogens (tertiary/aromatic N) is 4. The topological polar surface area (TPSA) is 144 Å². The summed E-state index contributed by atoms with van der Waals surface area (Å²) in [7, 11) is 2.92. The zero-order valence-corrected chi connectivity index (χ0v) is 24.7. The molecule has 0 atom stereocenters. The van der Waals surface area contributed by atoms with Crippen molar-refractivity contribution in [1.82, 2.24) is 9.66 Å². The van der Waals surface area contributed by atoms with Crippen LogP contribution in [0.4, 0.5) is 5.69 Å². The lowest BCUT2D eigenvalue weighted by molar-refractivity contribution is -0.385. The summed E-state index contributed by atoms with van der Waals surface area (Å²) in [5.74, 6) is 0.206. The fourth-order valence-corrected chi connectivity index (χ4v) is 4.55. The molecule has 1 heterocycles. The van der Waals surface area contributed by atoms with Crippen molar-refractivity contribution in [3.05, 3.63) is 85.7 Å². The summed E-state index contributed by atoms with van der Waals surface area (Å²) in [6, 6.07) is 13.4. The summed E-state index contributed by atoms with van der Waals surface area (Å²) in [5.41, 5.74) is 2.28. The van der Waals surface area contributed by atoms with Gasteiger partial charge in [0.2, 0.25) is 5.75 Å². The fourth-order valence-electron chi connectivity index (χ4n) is 4.55. The first-order valence-electron chi connectivity index (χ1n) is 13.5. The van der Waals surface area contributed by atoms with Crippen LogP contribution >= 0.6 is 0 Å². The summed E-state index contributed by atoms with van der Waals surface area (Å²) < 4.78 is 22.3. The Kier molecular flexibility index (Phi) is 9.39. The van der Waals surface area contributed by atoms with Crippen molar-refractivity contribution < 1.29 is 28.7 Å². The number of benzene rings is 3. The van der Waals surface area contributed by atoms with E-state index in [9.17, 15) is 19.7 Å². The number of nitro benzene ring substituents is 1. The zero-order valence-electron chi connectivity index (χ0n) is 24.7. The average Bonchev–Trinajstić information content (AvgIpc) is 2.99. The Bertz CT molecular complexity index is 1780. The van der Waals surface area contributed by atoms with E-state index in [4.69, 9.17) is 23.9 Å². The van der Waals surface area contributed by atoms with E-state index in [1.54, 1.807) is 38.3 Å². The number of hydrogen-bond acceptors (Lipinski definition) is 10. The highest BCUT2D eigenvalue weighted by Gasteiger charge is 2.24. The van der Waals surface area contributed by atoms with Crippen LogP contribution in [0.2, 0.25) is 0 Å². The molecule has 0 aliphatic heterocycles. The molecule has 0 radical (unpaired) electrons. The number of carbonyl (C=O) groups is 1. The second kappa shape index (κ2) is 13.1. The minimum atomic E-state index is -0.686. The number of rotatable bonds is 11. The van der Waals surface area contributed by atoms with Crippen molar-refractivity contribution in [2.75, 3.05) is 27.4 Å². The number of nitro groups is 1. The first-order valence-corrected chi connectivity index (χ1v) is 13.5. The van der Waals surface area contributed by atoms with Crippen LogP contribution in [0.25, 0.3) is 22.3 Å². The maximum Gasteiger partial charge on any atom is 0.344 e. The van der Waals surface area contributed by atoms with Crippen LogP contribution in [0.5, 0.6) is 17.2 Å². The van der Waals surface area contributed by atoms with Crippen LogP contribution < -0.4 is 19.8 Å². The van der Waals surface area contributed by atoms with Crippen LogP contribution in [0.1, 0.15) is 43.4 Å². The van der Waals surface area contributed by atoms with E-state index in [0.717, 1.165) is 16.9 Å². The minimum absolute atomic E-state index is 0.00303. The Labute approximate surface area is 247 Å². The number of aromatic nitrogens is 2. The van der Waals surface area contributed by atoms with Crippen molar-refractivity contribution in [2.24, 2.45) is 5.10 Å². The zero-order chi connectivity index (χ0) is 31.3. The Morgan fingerprint density at radius 2 is 1.84 bits per heavy atom. The predicted molar refractivity (Wildman–Crippen MR) is 162 cm³/mol. The number of fused-ring (bicyclic) bond motifs is 1. The van der Waals surface area contributed by atoms with Crippen LogP contribution in [0.15, 0.2) is 58.4 Å². The molecule has 0 aliphatic carbocycles. The molecule has 0 N–H and O–H groups in total. The Hall–Kier alpha value is -5.26. The molecule has 0 aliphatic rings. The van der Waals surface area contributed by atoms with Gasteiger partial charge >= 0.3 is 11.7 Å². The van der Waals surface area contributed by atoms with Gasteiger partial charge in [-0.1, -0.05) is 26.0 Å². The van der Waals surface area contributed by atoms with E-state index in [0.29, 0.717) is 16.5 Å². The monoisotopic (exact) mass is 588 g/mol. The van der Waals surface area contributed by atoms with E-state index in [1.807, 2.05) is 32.9 Å². The van der Waals surface area contributed by atoms with Gasteiger partial charge in [0.05, 0.1) is 42.9 Å². The van der Waals surface area contributed by atoms with Gasteiger partial charge in [-0.05, 0) is 61.2 Å². The lowest BCUT2D eigenvalue weighted by Gasteiger charge is -2.17. The van der Waals surface area contributed by atoms with Crippen LogP contribution in [0, 0.1) is 17.0 Å². The maximum absolute atomic E-state index is 13.7. The first-order chi connectivity index (χ1) is 20.6. The number of aryl methyl sites for hydroxylation is 1. The predicted octanol–water partition coefficient (Wildman–Crippen LogP) is 5.24. The van der Waals surface area contributed by atoms with Gasteiger partial charge in [0.25, 0.3) is 5.56 Å². The molecule has 0 saturated carbocycles. The summed E-state index contributed by atoms with van der Waals surface area (Å²) >= 11 is 0. The molecule has 0 saturated heterocycles. The highest BCUT2D eigenvalue weighted by atomic mass is 16.6. The third kappa shape index (κ3) is 6.48. The van der Waals surface area contributed by atoms with E-state index in [2.05, 4.69) is 5.10 Å². The molecule has 0 bridgehead atoms. The number of para-hydroxylation sites is 1. The summed E-state index contributed by atoms with van der Waals surface area (Å²) in [4.78, 5) is 41.6. The third-order valence-corrected chi connectivity index (χ3v) is 6.63. The number of methoxy groups -OCH3 is 2. The quantitative estimate of drug-likeness (QED) is 0.0993. The van der Waals surface area contributed by atoms with E-state index < -0.39 is 28.7 Å². The molecule has 0 unspecified atom stereocenters. The molecule has 224 valence electrons. The van der Waals surface area contributed by atoms with E-state index >= 15 is 0 Å². The lowest BCUT2D eigenvalue weighted by Crippen LogP contribution is -2.21. The van der Waals surface area contributed by atoms with E-state index in [-0.39, 0.29) is 35.4 Å². The molecular formula is C31H32N4O8. The smallest absolute Gasteiger partial charge is 0.344 e. The van der Waals surface area contributed by atoms with Crippen molar-refractivity contribution in [2.45, 2.75) is 33.6 Å². The van der Waals surface area contributed by atoms with Gasteiger partial charge in [0.1, 0.15) is 5.75 Å². The number of carbonyl (C=O) groups excluding carboxylic acids is 1. The standard InChI is InChI=1S/C31H32N4O8/c1-7-42-28(36)17-43-29-25(35(38)39)13-20(14-27(29)41-6)16-32-34-30(33-24-11-9-8-10-21(24)31(34)37)23-15-22(18(2)3)26(40-5)12-19(23)4/h8-16,18H,7,17H2,1-6H3. The summed E-state index contributed by atoms with van der Waals surface area (Å²) in [6.07, 6.45) is 1.30. The molecule has 12 nitrogen and oxygen atoms in total. The van der Waals surface area contributed by atoms with E-state index in [1.165, 1.54) is 30.1 Å². The second-order valence-electron chi connectivity index (χ2n) is 9.80. The van der Waals surface area contributed by atoms with Crippen molar-refractivity contribution >= 4 is 28.8 Å². The third-order valence-electron chi connectivity index (χ3n) is 6.63. The van der Waals surface area contributed by atoms with Crippen LogP contribution in [-0.4, -0.2) is 54.2 Å². The largest absolute Gasteiger partial charge is 0.496 e. The van der Waals surface area contributed by atoms with Gasteiger partial charge in [-0.25, -0.2) is 9.78 Å². The van der Waals surface area contributed by atoms with Gasteiger partial charge in [-0.15, -0.1) is 0 Å². The molecule has 43 heavy (non-hydrogen) atoms. The first kappa shape index (κ1) is 30.7. The molecule has 12 heteroatoms. The molecule has 4 aromatic rings. The van der Waals surface area contributed by atoms with Crippen LogP contribution in [0.3, 0.4) is 0 Å². The minimum Gasteiger partial charge on any atom is -0.496 e. The molecule has 1 aromatic heterocycles. The van der Waals surface area contributed by atoms with Crippen LogP contribution in [-0.2, 0) is 9.53 Å². The average molecular weight is 589 g/mol. The Morgan fingerprint density at radius 3 is 2.49 bits per heavy atom. The SMILES string of the molecule is CCOC(=O)COc1c(OC)cc(C=Nn2c(-c3cc(C(C)C)c(OC)cc3C)nc3ccccc3c2=O)cc1[N+](=O)[O-]. The Balaban J connectivity index is 1.89.